The number of amides is 1. The number of benzene rings is 1. The Hall–Kier alpha value is -2.58. The molecule has 0 aliphatic carbocycles. The van der Waals surface area contributed by atoms with Gasteiger partial charge in [-0.25, -0.2) is 9.59 Å². The van der Waals surface area contributed by atoms with Crippen molar-refractivity contribution in [3.63, 3.8) is 0 Å². The van der Waals surface area contributed by atoms with Crippen LogP contribution in [0.1, 0.15) is 42.9 Å². The van der Waals surface area contributed by atoms with E-state index in [-0.39, 0.29) is 39.8 Å². The Balaban J connectivity index is 2.32. The topological polar surface area (TPSA) is 108 Å². The molecule has 3 N–H and O–H groups in total. The van der Waals surface area contributed by atoms with Crippen LogP contribution in [0.5, 0.6) is 0 Å². The number of hydrogen-bond donors (Lipinski definition) is 2. The molecule has 7 nitrogen and oxygen atoms in total. The van der Waals surface area contributed by atoms with Gasteiger partial charge in [-0.2, -0.15) is 0 Å². The van der Waals surface area contributed by atoms with E-state index in [0.29, 0.717) is 5.02 Å². The lowest BCUT2D eigenvalue weighted by Gasteiger charge is -2.09. The fourth-order valence-electron chi connectivity index (χ4n) is 2.18. The minimum absolute atomic E-state index is 0.0364. The molecule has 2 aromatic rings. The van der Waals surface area contributed by atoms with Crippen LogP contribution in [0.3, 0.4) is 0 Å². The SMILES string of the molecule is CCOC(=O)c1c(N)sc(C(=O)NC)c1COC(=O)c1cccc(Cl)c1. The van der Waals surface area contributed by atoms with E-state index in [1.165, 1.54) is 13.1 Å². The summed E-state index contributed by atoms with van der Waals surface area (Å²) in [7, 11) is 1.45. The maximum absolute atomic E-state index is 12.2. The van der Waals surface area contributed by atoms with Crippen molar-refractivity contribution in [3.8, 4) is 0 Å². The van der Waals surface area contributed by atoms with Crippen LogP contribution in [-0.2, 0) is 16.1 Å². The molecule has 0 aliphatic heterocycles. The van der Waals surface area contributed by atoms with Gasteiger partial charge < -0.3 is 20.5 Å². The number of nitrogens with two attached hydrogens (primary N) is 1. The first-order valence-electron chi connectivity index (χ1n) is 7.62. The van der Waals surface area contributed by atoms with E-state index in [0.717, 1.165) is 11.3 Å². The first-order valence-corrected chi connectivity index (χ1v) is 8.81. The largest absolute Gasteiger partial charge is 0.462 e. The molecule has 0 saturated heterocycles. The highest BCUT2D eigenvalue weighted by atomic mass is 35.5. The third-order valence-corrected chi connectivity index (χ3v) is 4.65. The summed E-state index contributed by atoms with van der Waals surface area (Å²) in [6, 6.07) is 6.24. The standard InChI is InChI=1S/C17H17ClN2O5S/c1-3-24-17(23)12-11(13(15(21)20-2)26-14(12)19)8-25-16(22)9-5-4-6-10(18)7-9/h4-7H,3,8,19H2,1-2H3,(H,20,21). The highest BCUT2D eigenvalue weighted by molar-refractivity contribution is 7.18. The summed E-state index contributed by atoms with van der Waals surface area (Å²) in [4.78, 5) is 36.7. The summed E-state index contributed by atoms with van der Waals surface area (Å²) in [6.45, 7) is 1.49. The lowest BCUT2D eigenvalue weighted by molar-refractivity contribution is 0.0449. The van der Waals surface area contributed by atoms with Crippen molar-refractivity contribution in [1.82, 2.24) is 5.32 Å². The predicted molar refractivity (Wildman–Crippen MR) is 98.6 cm³/mol. The van der Waals surface area contributed by atoms with Gasteiger partial charge in [-0.1, -0.05) is 17.7 Å². The number of esters is 2. The summed E-state index contributed by atoms with van der Waals surface area (Å²) in [5, 5.41) is 2.97. The zero-order valence-electron chi connectivity index (χ0n) is 14.1. The minimum Gasteiger partial charge on any atom is -0.462 e. The number of carbonyl (C=O) groups excluding carboxylic acids is 3. The Kier molecular flexibility index (Phi) is 6.59. The number of carbonyl (C=O) groups is 3. The summed E-state index contributed by atoms with van der Waals surface area (Å²) in [5.74, 6) is -1.76. The van der Waals surface area contributed by atoms with E-state index in [1.54, 1.807) is 25.1 Å². The Bertz CT molecular complexity index is 850. The van der Waals surface area contributed by atoms with Crippen LogP contribution >= 0.6 is 22.9 Å². The monoisotopic (exact) mass is 396 g/mol. The normalized spacial score (nSPS) is 10.3. The van der Waals surface area contributed by atoms with Gasteiger partial charge in [0.15, 0.2) is 0 Å². The molecule has 26 heavy (non-hydrogen) atoms. The van der Waals surface area contributed by atoms with Crippen LogP contribution in [-0.4, -0.2) is 31.5 Å². The quantitative estimate of drug-likeness (QED) is 0.727. The van der Waals surface area contributed by atoms with E-state index < -0.39 is 17.8 Å². The molecule has 0 radical (unpaired) electrons. The van der Waals surface area contributed by atoms with Gasteiger partial charge in [0.2, 0.25) is 0 Å². The summed E-state index contributed by atoms with van der Waals surface area (Å²) in [5.41, 5.74) is 6.38. The third-order valence-electron chi connectivity index (χ3n) is 3.36. The van der Waals surface area contributed by atoms with Gasteiger partial charge in [0, 0.05) is 17.6 Å². The number of nitrogens with one attached hydrogen (secondary N) is 1. The summed E-state index contributed by atoms with van der Waals surface area (Å²) >= 11 is 6.79. The van der Waals surface area contributed by atoms with Crippen molar-refractivity contribution in [1.29, 1.82) is 0 Å². The molecular formula is C17H17ClN2O5S. The second-order valence-corrected chi connectivity index (χ2v) is 6.52. The second-order valence-electron chi connectivity index (χ2n) is 5.04. The molecule has 1 amide bonds. The first kappa shape index (κ1) is 19.7. The van der Waals surface area contributed by atoms with Crippen molar-refractivity contribution in [2.45, 2.75) is 13.5 Å². The Morgan fingerprint density at radius 3 is 2.58 bits per heavy atom. The molecule has 9 heteroatoms. The van der Waals surface area contributed by atoms with Crippen LogP contribution in [0.2, 0.25) is 5.02 Å². The van der Waals surface area contributed by atoms with E-state index >= 15 is 0 Å². The lowest BCUT2D eigenvalue weighted by atomic mass is 10.1. The van der Waals surface area contributed by atoms with E-state index in [2.05, 4.69) is 5.32 Å². The molecule has 0 bridgehead atoms. The second kappa shape index (κ2) is 8.68. The maximum Gasteiger partial charge on any atom is 0.341 e. The molecule has 138 valence electrons. The van der Waals surface area contributed by atoms with Crippen molar-refractivity contribution in [2.75, 3.05) is 19.4 Å². The summed E-state index contributed by atoms with van der Waals surface area (Å²) < 4.78 is 10.2. The minimum atomic E-state index is -0.676. The number of thiophene rings is 1. The average Bonchev–Trinajstić information content (AvgIpc) is 2.95. The molecule has 0 unspecified atom stereocenters. The van der Waals surface area contributed by atoms with Crippen LogP contribution in [0.4, 0.5) is 5.00 Å². The van der Waals surface area contributed by atoms with Crippen molar-refractivity contribution in [2.24, 2.45) is 0 Å². The molecule has 1 aromatic heterocycles. The lowest BCUT2D eigenvalue weighted by Crippen LogP contribution is -2.19. The highest BCUT2D eigenvalue weighted by Crippen LogP contribution is 2.32. The Labute approximate surface area is 159 Å². The van der Waals surface area contributed by atoms with E-state index in [1.807, 2.05) is 0 Å². The van der Waals surface area contributed by atoms with Crippen LogP contribution in [0.15, 0.2) is 24.3 Å². The van der Waals surface area contributed by atoms with Crippen LogP contribution in [0, 0.1) is 0 Å². The third kappa shape index (κ3) is 4.33. The van der Waals surface area contributed by atoms with Crippen molar-refractivity contribution in [3.05, 3.63) is 50.9 Å². The molecule has 0 saturated carbocycles. The summed E-state index contributed by atoms with van der Waals surface area (Å²) in [6.07, 6.45) is 0. The molecule has 2 rings (SSSR count). The zero-order valence-corrected chi connectivity index (χ0v) is 15.7. The van der Waals surface area contributed by atoms with Gasteiger partial charge in [0.25, 0.3) is 5.91 Å². The Morgan fingerprint density at radius 2 is 1.96 bits per heavy atom. The van der Waals surface area contributed by atoms with Gasteiger partial charge in [-0.05, 0) is 25.1 Å². The van der Waals surface area contributed by atoms with Crippen molar-refractivity contribution >= 4 is 45.8 Å². The van der Waals surface area contributed by atoms with Gasteiger partial charge in [-0.3, -0.25) is 4.79 Å². The van der Waals surface area contributed by atoms with E-state index in [4.69, 9.17) is 26.8 Å². The number of anilines is 1. The van der Waals surface area contributed by atoms with Crippen LogP contribution in [0.25, 0.3) is 0 Å². The fraction of sp³-hybridized carbons (Fsp3) is 0.235. The molecule has 1 aromatic carbocycles. The number of halogens is 1. The maximum atomic E-state index is 12.2. The van der Waals surface area contributed by atoms with Crippen molar-refractivity contribution < 1.29 is 23.9 Å². The molecular weight excluding hydrogens is 380 g/mol. The molecule has 0 aliphatic rings. The highest BCUT2D eigenvalue weighted by Gasteiger charge is 2.27. The number of ether oxygens (including phenoxy) is 2. The van der Waals surface area contributed by atoms with Gasteiger partial charge in [-0.15, -0.1) is 11.3 Å². The van der Waals surface area contributed by atoms with Crippen LogP contribution < -0.4 is 11.1 Å². The number of rotatable bonds is 6. The Morgan fingerprint density at radius 1 is 1.23 bits per heavy atom. The first-order chi connectivity index (χ1) is 12.4. The van der Waals surface area contributed by atoms with Gasteiger partial charge >= 0.3 is 11.9 Å². The smallest absolute Gasteiger partial charge is 0.341 e. The molecule has 0 spiro atoms. The van der Waals surface area contributed by atoms with Gasteiger partial charge in [0.05, 0.1) is 12.2 Å². The zero-order chi connectivity index (χ0) is 19.3. The van der Waals surface area contributed by atoms with Gasteiger partial charge in [0.1, 0.15) is 22.0 Å². The predicted octanol–water partition coefficient (Wildman–Crippen LogP) is 2.88. The number of hydrogen-bond acceptors (Lipinski definition) is 7. The fourth-order valence-corrected chi connectivity index (χ4v) is 3.38. The molecule has 0 fully saturated rings. The number of nitrogen functional groups attached to an aromatic ring is 1. The van der Waals surface area contributed by atoms with E-state index in [9.17, 15) is 14.4 Å². The molecule has 1 heterocycles. The molecule has 0 atom stereocenters. The average molecular weight is 397 g/mol.